The van der Waals surface area contributed by atoms with E-state index in [4.69, 9.17) is 14.2 Å². The molecule has 0 aliphatic rings. The first-order chi connectivity index (χ1) is 12.3. The lowest BCUT2D eigenvalue weighted by Crippen LogP contribution is -2.27. The predicted molar refractivity (Wildman–Crippen MR) is 103 cm³/mol. The molecule has 0 bridgehead atoms. The summed E-state index contributed by atoms with van der Waals surface area (Å²) in [5.74, 6) is 1.46. The third-order valence-corrected chi connectivity index (χ3v) is 3.53. The van der Waals surface area contributed by atoms with E-state index < -0.39 is 11.7 Å². The summed E-state index contributed by atoms with van der Waals surface area (Å²) in [6.07, 6.45) is -0.492. The van der Waals surface area contributed by atoms with Gasteiger partial charge >= 0.3 is 6.09 Å². The molecule has 1 amide bonds. The number of ether oxygens (including phenoxy) is 3. The van der Waals surface area contributed by atoms with Crippen LogP contribution in [-0.2, 0) is 11.3 Å². The SMILES string of the molecule is COc1ccc(CNc2ccccc2NC(=O)OC(C)(C)C)c(OC)c1. The molecule has 2 aromatic carbocycles. The highest BCUT2D eigenvalue weighted by molar-refractivity contribution is 5.89. The van der Waals surface area contributed by atoms with Crippen LogP contribution >= 0.6 is 0 Å². The number of hydrogen-bond acceptors (Lipinski definition) is 5. The van der Waals surface area contributed by atoms with Crippen LogP contribution in [0.15, 0.2) is 42.5 Å². The first-order valence-corrected chi connectivity index (χ1v) is 8.36. The van der Waals surface area contributed by atoms with Crippen molar-refractivity contribution in [1.82, 2.24) is 0 Å². The molecule has 6 nitrogen and oxygen atoms in total. The van der Waals surface area contributed by atoms with Crippen molar-refractivity contribution in [2.75, 3.05) is 24.9 Å². The molecule has 0 atom stereocenters. The molecule has 0 aliphatic heterocycles. The van der Waals surface area contributed by atoms with Crippen LogP contribution in [-0.4, -0.2) is 25.9 Å². The average molecular weight is 358 g/mol. The predicted octanol–water partition coefficient (Wildman–Crippen LogP) is 4.66. The number of amides is 1. The van der Waals surface area contributed by atoms with Crippen LogP contribution in [0, 0.1) is 0 Å². The number of para-hydroxylation sites is 2. The van der Waals surface area contributed by atoms with E-state index in [9.17, 15) is 4.79 Å². The van der Waals surface area contributed by atoms with Gasteiger partial charge in [-0.25, -0.2) is 4.79 Å². The van der Waals surface area contributed by atoms with Gasteiger partial charge in [0.05, 0.1) is 25.6 Å². The summed E-state index contributed by atoms with van der Waals surface area (Å²) in [6, 6.07) is 13.1. The van der Waals surface area contributed by atoms with Gasteiger partial charge in [0.25, 0.3) is 0 Å². The standard InChI is InChI=1S/C20H26N2O4/c1-20(2,3)26-19(23)22-17-9-7-6-8-16(17)21-13-14-10-11-15(24-4)12-18(14)25-5/h6-12,21H,13H2,1-5H3,(H,22,23). The van der Waals surface area contributed by atoms with Crippen LogP contribution in [0.5, 0.6) is 11.5 Å². The summed E-state index contributed by atoms with van der Waals surface area (Å²) in [6.45, 7) is 6.01. The van der Waals surface area contributed by atoms with Gasteiger partial charge in [0.2, 0.25) is 0 Å². The van der Waals surface area contributed by atoms with E-state index in [-0.39, 0.29) is 0 Å². The maximum absolute atomic E-state index is 12.0. The van der Waals surface area contributed by atoms with Gasteiger partial charge in [-0.3, -0.25) is 5.32 Å². The van der Waals surface area contributed by atoms with Gasteiger partial charge in [0.15, 0.2) is 0 Å². The average Bonchev–Trinajstić information content (AvgIpc) is 2.59. The molecule has 0 unspecified atom stereocenters. The topological polar surface area (TPSA) is 68.8 Å². The van der Waals surface area contributed by atoms with Crippen molar-refractivity contribution >= 4 is 17.5 Å². The first kappa shape index (κ1) is 19.4. The Bertz CT molecular complexity index is 754. The molecule has 140 valence electrons. The molecule has 0 fully saturated rings. The summed E-state index contributed by atoms with van der Waals surface area (Å²) in [7, 11) is 3.24. The zero-order chi connectivity index (χ0) is 19.2. The molecule has 2 N–H and O–H groups in total. The molecule has 26 heavy (non-hydrogen) atoms. The Morgan fingerprint density at radius 1 is 1.00 bits per heavy atom. The molecule has 0 aromatic heterocycles. The molecule has 0 heterocycles. The largest absolute Gasteiger partial charge is 0.497 e. The Morgan fingerprint density at radius 2 is 1.69 bits per heavy atom. The minimum atomic E-state index is -0.553. The third-order valence-electron chi connectivity index (χ3n) is 3.53. The summed E-state index contributed by atoms with van der Waals surface area (Å²) >= 11 is 0. The van der Waals surface area contributed by atoms with Crippen molar-refractivity contribution in [3.8, 4) is 11.5 Å². The fraction of sp³-hybridized carbons (Fsp3) is 0.350. The number of methoxy groups -OCH3 is 2. The lowest BCUT2D eigenvalue weighted by atomic mass is 10.1. The minimum Gasteiger partial charge on any atom is -0.497 e. The molecular formula is C20H26N2O4. The highest BCUT2D eigenvalue weighted by Gasteiger charge is 2.17. The van der Waals surface area contributed by atoms with E-state index in [1.54, 1.807) is 14.2 Å². The normalized spacial score (nSPS) is 10.8. The molecule has 0 spiro atoms. The number of nitrogens with one attached hydrogen (secondary N) is 2. The third kappa shape index (κ3) is 5.58. The Labute approximate surface area is 154 Å². The number of anilines is 2. The van der Waals surface area contributed by atoms with Crippen molar-refractivity contribution < 1.29 is 19.0 Å². The highest BCUT2D eigenvalue weighted by atomic mass is 16.6. The van der Waals surface area contributed by atoms with Gasteiger partial charge in [0.1, 0.15) is 17.1 Å². The van der Waals surface area contributed by atoms with Crippen LogP contribution in [0.2, 0.25) is 0 Å². The van der Waals surface area contributed by atoms with Gasteiger partial charge in [-0.15, -0.1) is 0 Å². The van der Waals surface area contributed by atoms with E-state index in [1.165, 1.54) is 0 Å². The number of carbonyl (C=O) groups excluding carboxylic acids is 1. The summed E-state index contributed by atoms with van der Waals surface area (Å²) < 4.78 is 15.9. The molecule has 0 saturated carbocycles. The van der Waals surface area contributed by atoms with Gasteiger partial charge < -0.3 is 19.5 Å². The van der Waals surface area contributed by atoms with Gasteiger partial charge in [-0.05, 0) is 45.0 Å². The Hall–Kier alpha value is -2.89. The maximum atomic E-state index is 12.0. The summed E-state index contributed by atoms with van der Waals surface area (Å²) in [5, 5.41) is 6.09. The molecule has 0 aliphatic carbocycles. The summed E-state index contributed by atoms with van der Waals surface area (Å²) in [5.41, 5.74) is 1.86. The number of carbonyl (C=O) groups is 1. The molecule has 0 radical (unpaired) electrons. The van der Waals surface area contributed by atoms with Gasteiger partial charge in [-0.1, -0.05) is 12.1 Å². The highest BCUT2D eigenvalue weighted by Crippen LogP contribution is 2.27. The zero-order valence-electron chi connectivity index (χ0n) is 15.9. The fourth-order valence-corrected chi connectivity index (χ4v) is 2.35. The van der Waals surface area contributed by atoms with Crippen LogP contribution in [0.4, 0.5) is 16.2 Å². The number of rotatable bonds is 6. The molecular weight excluding hydrogens is 332 g/mol. The van der Waals surface area contributed by atoms with Gasteiger partial charge in [-0.2, -0.15) is 0 Å². The molecule has 2 rings (SSSR count). The Balaban J connectivity index is 2.10. The smallest absolute Gasteiger partial charge is 0.412 e. The number of hydrogen-bond donors (Lipinski definition) is 2. The second-order valence-corrected chi connectivity index (χ2v) is 6.70. The van der Waals surface area contributed by atoms with Crippen LogP contribution in [0.25, 0.3) is 0 Å². The zero-order valence-corrected chi connectivity index (χ0v) is 15.9. The van der Waals surface area contributed by atoms with Crippen molar-refractivity contribution in [3.05, 3.63) is 48.0 Å². The quantitative estimate of drug-likeness (QED) is 0.786. The maximum Gasteiger partial charge on any atom is 0.412 e. The monoisotopic (exact) mass is 358 g/mol. The number of benzene rings is 2. The van der Waals surface area contributed by atoms with Crippen molar-refractivity contribution in [2.24, 2.45) is 0 Å². The van der Waals surface area contributed by atoms with Crippen LogP contribution in [0.1, 0.15) is 26.3 Å². The Kier molecular flexibility index (Phi) is 6.33. The lowest BCUT2D eigenvalue weighted by molar-refractivity contribution is 0.0636. The first-order valence-electron chi connectivity index (χ1n) is 8.36. The molecule has 6 heteroatoms. The van der Waals surface area contributed by atoms with E-state index in [1.807, 2.05) is 63.2 Å². The van der Waals surface area contributed by atoms with E-state index >= 15 is 0 Å². The van der Waals surface area contributed by atoms with Crippen molar-refractivity contribution in [3.63, 3.8) is 0 Å². The van der Waals surface area contributed by atoms with E-state index in [0.29, 0.717) is 12.2 Å². The van der Waals surface area contributed by atoms with Crippen LogP contribution < -0.4 is 20.1 Å². The summed E-state index contributed by atoms with van der Waals surface area (Å²) in [4.78, 5) is 12.0. The molecule has 0 saturated heterocycles. The van der Waals surface area contributed by atoms with Gasteiger partial charge in [0, 0.05) is 18.2 Å². The second kappa shape index (κ2) is 8.47. The minimum absolute atomic E-state index is 0.492. The van der Waals surface area contributed by atoms with E-state index in [0.717, 1.165) is 22.7 Å². The lowest BCUT2D eigenvalue weighted by Gasteiger charge is -2.21. The van der Waals surface area contributed by atoms with E-state index in [2.05, 4.69) is 10.6 Å². The Morgan fingerprint density at radius 3 is 2.31 bits per heavy atom. The second-order valence-electron chi connectivity index (χ2n) is 6.70. The molecule has 2 aromatic rings. The fourth-order valence-electron chi connectivity index (χ4n) is 2.35. The van der Waals surface area contributed by atoms with Crippen molar-refractivity contribution in [2.45, 2.75) is 32.9 Å². The van der Waals surface area contributed by atoms with Crippen LogP contribution in [0.3, 0.4) is 0 Å². The van der Waals surface area contributed by atoms with Crippen molar-refractivity contribution in [1.29, 1.82) is 0 Å².